The molecule has 6 nitrogen and oxygen atoms in total. The van der Waals surface area contributed by atoms with Gasteiger partial charge in [0.2, 0.25) is 12.7 Å². The Bertz CT molecular complexity index is 487. The van der Waals surface area contributed by atoms with Gasteiger partial charge in [-0.15, -0.1) is 0 Å². The number of aromatic nitrogens is 4. The molecule has 29 heavy (non-hydrogen) atoms. The molecule has 2 rings (SSSR count). The summed E-state index contributed by atoms with van der Waals surface area (Å²) in [5.41, 5.74) is 0. The van der Waals surface area contributed by atoms with E-state index in [4.69, 9.17) is 9.47 Å². The zero-order valence-electron chi connectivity index (χ0n) is 18.1. The molecular weight excluding hydrogens is 458 g/mol. The fourth-order valence-electron chi connectivity index (χ4n) is 2.32. The van der Waals surface area contributed by atoms with Gasteiger partial charge in [-0.05, 0) is 37.6 Å². The first kappa shape index (κ1) is 33.1. The molecule has 0 saturated heterocycles. The van der Waals surface area contributed by atoms with E-state index in [1.807, 2.05) is 21.5 Å². The molecule has 2 aromatic rings. The molecule has 0 spiro atoms. The number of rotatable bonds is 12. The molecule has 0 aliphatic rings. The van der Waals surface area contributed by atoms with Crippen molar-refractivity contribution in [1.82, 2.24) is 9.13 Å². The van der Waals surface area contributed by atoms with Gasteiger partial charge < -0.3 is 52.6 Å². The minimum Gasteiger partial charge on any atom is -1.00 e. The molecule has 0 aliphatic carbocycles. The molecule has 0 atom stereocenters. The molecule has 2 heterocycles. The molecule has 0 bridgehead atoms. The molecule has 0 amide bonds. The van der Waals surface area contributed by atoms with Crippen molar-refractivity contribution in [3.8, 4) is 0 Å². The Morgan fingerprint density at radius 3 is 1.45 bits per heavy atom. The number of unbranched alkanes of at least 4 members (excludes halogenated alkanes) is 2. The standard InChI is InChI=1S/2C10H18N2O.2ClH.Ni/c2*1-3-4-5-11-6-7-12(10-11)8-9-13-2;;;/h2*6-7H,3-5,8-9H2,1-2H3;2*1H;/q;;;;+2/p-2. The third-order valence-corrected chi connectivity index (χ3v) is 3.94. The second-order valence-electron chi connectivity index (χ2n) is 6.26. The summed E-state index contributed by atoms with van der Waals surface area (Å²) in [6.07, 6.45) is 19.6. The van der Waals surface area contributed by atoms with Gasteiger partial charge in [0.1, 0.15) is 0 Å². The van der Waals surface area contributed by atoms with Crippen molar-refractivity contribution in [2.45, 2.75) is 65.7 Å². The summed E-state index contributed by atoms with van der Waals surface area (Å²) in [6, 6.07) is 0. The van der Waals surface area contributed by atoms with Crippen molar-refractivity contribution < 1.29 is 59.9 Å². The average Bonchev–Trinajstić information content (AvgIpc) is 3.31. The van der Waals surface area contributed by atoms with E-state index in [1.165, 1.54) is 25.7 Å². The maximum absolute atomic E-state index is 4.99. The maximum Gasteiger partial charge on any atom is 2.00 e. The van der Waals surface area contributed by atoms with E-state index < -0.39 is 0 Å². The van der Waals surface area contributed by atoms with Crippen LogP contribution in [0.25, 0.3) is 0 Å². The number of halogens is 2. The van der Waals surface area contributed by atoms with Crippen molar-refractivity contribution in [3.63, 3.8) is 0 Å². The normalized spacial score (nSPS) is 9.52. The van der Waals surface area contributed by atoms with Gasteiger partial charge in [-0.25, -0.2) is 0 Å². The van der Waals surface area contributed by atoms with E-state index in [2.05, 4.69) is 48.0 Å². The maximum atomic E-state index is 4.99. The van der Waals surface area contributed by atoms with Crippen LogP contribution in [0.4, 0.5) is 0 Å². The second-order valence-corrected chi connectivity index (χ2v) is 6.26. The third kappa shape index (κ3) is 15.9. The van der Waals surface area contributed by atoms with Gasteiger partial charge in [0, 0.05) is 14.2 Å². The van der Waals surface area contributed by atoms with Crippen molar-refractivity contribution in [1.29, 1.82) is 0 Å². The summed E-state index contributed by atoms with van der Waals surface area (Å²) in [7, 11) is 3.43. The van der Waals surface area contributed by atoms with Gasteiger partial charge in [-0.2, -0.15) is 0 Å². The molecule has 0 radical (unpaired) electrons. The molecule has 172 valence electrons. The molecule has 0 aliphatic heterocycles. The molecule has 0 aromatic carbocycles. The van der Waals surface area contributed by atoms with E-state index in [9.17, 15) is 0 Å². The summed E-state index contributed by atoms with van der Waals surface area (Å²) in [5.74, 6) is 0. The van der Waals surface area contributed by atoms with Crippen molar-refractivity contribution in [2.75, 3.05) is 27.4 Å². The smallest absolute Gasteiger partial charge is 1.00 e. The summed E-state index contributed by atoms with van der Waals surface area (Å²) < 4.78 is 18.2. The van der Waals surface area contributed by atoms with E-state index in [-0.39, 0.29) is 41.3 Å². The Kier molecular flexibility index (Phi) is 25.2. The van der Waals surface area contributed by atoms with E-state index >= 15 is 0 Å². The van der Waals surface area contributed by atoms with Crippen LogP contribution >= 0.6 is 0 Å². The first-order chi connectivity index (χ1) is 12.7. The van der Waals surface area contributed by atoms with Crippen LogP contribution in [0.15, 0.2) is 24.8 Å². The quantitative estimate of drug-likeness (QED) is 0.172. The van der Waals surface area contributed by atoms with E-state index in [1.54, 1.807) is 14.2 Å². The number of nitrogens with zero attached hydrogens (tertiary/aromatic N) is 4. The zero-order valence-corrected chi connectivity index (χ0v) is 20.6. The van der Waals surface area contributed by atoms with Crippen LogP contribution in [-0.2, 0) is 52.1 Å². The Balaban J connectivity index is -0.000000422. The Morgan fingerprint density at radius 1 is 0.759 bits per heavy atom. The van der Waals surface area contributed by atoms with Crippen molar-refractivity contribution in [3.05, 3.63) is 37.4 Å². The number of hydrogen-bond acceptors (Lipinski definition) is 2. The monoisotopic (exact) mass is 492 g/mol. The summed E-state index contributed by atoms with van der Waals surface area (Å²) in [6.45, 7) is 9.79. The first-order valence-electron chi connectivity index (χ1n) is 9.67. The minimum atomic E-state index is 0. The fourth-order valence-corrected chi connectivity index (χ4v) is 2.32. The van der Waals surface area contributed by atoms with Crippen LogP contribution in [0.1, 0.15) is 39.5 Å². The fraction of sp³-hybridized carbons (Fsp3) is 0.700. The van der Waals surface area contributed by atoms with Crippen molar-refractivity contribution in [2.24, 2.45) is 0 Å². The molecule has 0 unspecified atom stereocenters. The number of aryl methyl sites for hydroxylation is 2. The summed E-state index contributed by atoms with van der Waals surface area (Å²) in [4.78, 5) is 0. The molecule has 9 heteroatoms. The Hall–Kier alpha value is -0.586. The minimum absolute atomic E-state index is 0. The van der Waals surface area contributed by atoms with Crippen LogP contribution in [0.5, 0.6) is 0 Å². The van der Waals surface area contributed by atoms with Crippen LogP contribution in [0.3, 0.4) is 0 Å². The molecule has 0 N–H and O–H groups in total. The predicted octanol–water partition coefficient (Wildman–Crippen LogP) is -3.95. The largest absolute Gasteiger partial charge is 2.00 e. The Morgan fingerprint density at radius 2 is 1.14 bits per heavy atom. The number of hydrogen-bond donors (Lipinski definition) is 0. The molecule has 0 saturated carbocycles. The molecule has 2 aromatic heterocycles. The van der Waals surface area contributed by atoms with Crippen LogP contribution < -0.4 is 33.9 Å². The van der Waals surface area contributed by atoms with Gasteiger partial charge in [-0.3, -0.25) is 0 Å². The van der Waals surface area contributed by atoms with Gasteiger partial charge in [0.25, 0.3) is 0 Å². The molecule has 0 fully saturated rings. The van der Waals surface area contributed by atoms with Gasteiger partial charge in [0.15, 0.2) is 0 Å². The number of ether oxygens (including phenoxy) is 2. The van der Waals surface area contributed by atoms with E-state index in [0.29, 0.717) is 0 Å². The van der Waals surface area contributed by atoms with E-state index in [0.717, 1.165) is 39.4 Å². The van der Waals surface area contributed by atoms with Crippen molar-refractivity contribution >= 4 is 0 Å². The Labute approximate surface area is 199 Å². The number of imidazole rings is 2. The average molecular weight is 494 g/mol. The third-order valence-electron chi connectivity index (χ3n) is 3.94. The van der Waals surface area contributed by atoms with Crippen LogP contribution in [0.2, 0.25) is 0 Å². The van der Waals surface area contributed by atoms with Crippen LogP contribution in [-0.4, -0.2) is 36.6 Å². The SMILES string of the molecule is CCCCn1[c-][n+](CCOC)cc1.CCCCn1[c-][n+](CCOC)cc1.[Cl-].[Cl-].[Ni+2]. The van der Waals surface area contributed by atoms with Crippen LogP contribution in [0, 0.1) is 12.7 Å². The van der Waals surface area contributed by atoms with Gasteiger partial charge in [0.05, 0.1) is 39.4 Å². The summed E-state index contributed by atoms with van der Waals surface area (Å²) in [5, 5.41) is 0. The zero-order chi connectivity index (χ0) is 19.0. The van der Waals surface area contributed by atoms with Gasteiger partial charge >= 0.3 is 16.5 Å². The predicted molar refractivity (Wildman–Crippen MR) is 100 cm³/mol. The molecular formula is C20H36Cl2N4NiO2. The number of methoxy groups -OCH3 is 2. The summed E-state index contributed by atoms with van der Waals surface area (Å²) >= 11 is 0. The topological polar surface area (TPSA) is 36.1 Å². The first-order valence-corrected chi connectivity index (χ1v) is 9.67. The van der Waals surface area contributed by atoms with Gasteiger partial charge in [-0.1, -0.05) is 26.7 Å². The second kappa shape index (κ2) is 22.1.